The first kappa shape index (κ1) is 17.0. The van der Waals surface area contributed by atoms with Gasteiger partial charge in [0, 0.05) is 6.08 Å². The standard InChI is InChI=1S/C20H20FNO3/c1-13(2)20(15-5-7-16(21)8-6-15)22-19(23)10-4-14-3-9-17-18(11-14)25-12-24-17/h3-11,13,20H,12H2,1-2H3,(H,22,23)/b10-4+. The lowest BCUT2D eigenvalue weighted by atomic mass is 9.96. The fraction of sp³-hybridized carbons (Fsp3) is 0.250. The number of carbonyl (C=O) groups is 1. The van der Waals surface area contributed by atoms with Gasteiger partial charge in [-0.05, 0) is 47.4 Å². The van der Waals surface area contributed by atoms with Crippen molar-refractivity contribution < 1.29 is 18.7 Å². The van der Waals surface area contributed by atoms with Crippen LogP contribution in [0.3, 0.4) is 0 Å². The number of hydrogen-bond donors (Lipinski definition) is 1. The van der Waals surface area contributed by atoms with Gasteiger partial charge in [-0.15, -0.1) is 0 Å². The van der Waals surface area contributed by atoms with Crippen molar-refractivity contribution >= 4 is 12.0 Å². The van der Waals surface area contributed by atoms with Crippen LogP contribution in [0.15, 0.2) is 48.5 Å². The summed E-state index contributed by atoms with van der Waals surface area (Å²) in [5, 5.41) is 2.97. The summed E-state index contributed by atoms with van der Waals surface area (Å²) in [7, 11) is 0. The smallest absolute Gasteiger partial charge is 0.244 e. The molecule has 0 saturated carbocycles. The Morgan fingerprint density at radius 1 is 1.12 bits per heavy atom. The largest absolute Gasteiger partial charge is 0.454 e. The number of amides is 1. The minimum absolute atomic E-state index is 0.174. The lowest BCUT2D eigenvalue weighted by Gasteiger charge is -2.22. The Bertz CT molecular complexity index is 784. The van der Waals surface area contributed by atoms with Crippen molar-refractivity contribution in [1.82, 2.24) is 5.32 Å². The fourth-order valence-corrected chi connectivity index (χ4v) is 2.70. The summed E-state index contributed by atoms with van der Waals surface area (Å²) < 4.78 is 23.7. The van der Waals surface area contributed by atoms with E-state index in [-0.39, 0.29) is 30.5 Å². The first-order valence-corrected chi connectivity index (χ1v) is 8.16. The third-order valence-corrected chi connectivity index (χ3v) is 4.02. The maximum atomic E-state index is 13.1. The monoisotopic (exact) mass is 341 g/mol. The Morgan fingerprint density at radius 2 is 1.84 bits per heavy atom. The Labute approximate surface area is 146 Å². The van der Waals surface area contributed by atoms with Gasteiger partial charge in [-0.25, -0.2) is 4.39 Å². The van der Waals surface area contributed by atoms with E-state index >= 15 is 0 Å². The summed E-state index contributed by atoms with van der Waals surface area (Å²) in [5.74, 6) is 1.06. The van der Waals surface area contributed by atoms with E-state index in [1.165, 1.54) is 18.2 Å². The second kappa shape index (κ2) is 7.38. The predicted octanol–water partition coefficient (Wildman–Crippen LogP) is 4.08. The zero-order valence-electron chi connectivity index (χ0n) is 14.2. The molecule has 1 atom stereocenters. The first-order valence-electron chi connectivity index (χ1n) is 8.16. The van der Waals surface area contributed by atoms with Crippen molar-refractivity contribution in [3.63, 3.8) is 0 Å². The molecule has 0 spiro atoms. The number of ether oxygens (including phenoxy) is 2. The summed E-state index contributed by atoms with van der Waals surface area (Å²) in [6.45, 7) is 4.24. The topological polar surface area (TPSA) is 47.6 Å². The van der Waals surface area contributed by atoms with Gasteiger partial charge >= 0.3 is 0 Å². The molecule has 3 rings (SSSR count). The molecule has 0 saturated heterocycles. The first-order chi connectivity index (χ1) is 12.0. The fourth-order valence-electron chi connectivity index (χ4n) is 2.70. The molecular weight excluding hydrogens is 321 g/mol. The van der Waals surface area contributed by atoms with Crippen LogP contribution in [0.4, 0.5) is 4.39 Å². The Balaban J connectivity index is 1.68. The van der Waals surface area contributed by atoms with E-state index in [1.807, 2.05) is 32.0 Å². The predicted molar refractivity (Wildman–Crippen MR) is 93.7 cm³/mol. The van der Waals surface area contributed by atoms with Gasteiger partial charge in [0.2, 0.25) is 12.7 Å². The Morgan fingerprint density at radius 3 is 2.56 bits per heavy atom. The summed E-state index contributed by atoms with van der Waals surface area (Å²) >= 11 is 0. The Kier molecular flexibility index (Phi) is 5.03. The van der Waals surface area contributed by atoms with Gasteiger partial charge in [0.25, 0.3) is 0 Å². The van der Waals surface area contributed by atoms with Gasteiger partial charge in [-0.3, -0.25) is 4.79 Å². The van der Waals surface area contributed by atoms with E-state index in [1.54, 1.807) is 18.2 Å². The highest BCUT2D eigenvalue weighted by Gasteiger charge is 2.17. The number of hydrogen-bond acceptors (Lipinski definition) is 3. The molecular formula is C20H20FNO3. The van der Waals surface area contributed by atoms with Crippen LogP contribution in [0.25, 0.3) is 6.08 Å². The molecule has 0 fully saturated rings. The van der Waals surface area contributed by atoms with Gasteiger partial charge in [0.05, 0.1) is 6.04 Å². The Hall–Kier alpha value is -2.82. The van der Waals surface area contributed by atoms with Crippen LogP contribution in [0.5, 0.6) is 11.5 Å². The summed E-state index contributed by atoms with van der Waals surface area (Å²) in [6.07, 6.45) is 3.20. The van der Waals surface area contributed by atoms with Crippen LogP contribution in [-0.4, -0.2) is 12.7 Å². The van der Waals surface area contributed by atoms with Crippen molar-refractivity contribution in [3.8, 4) is 11.5 Å². The van der Waals surface area contributed by atoms with Crippen molar-refractivity contribution in [1.29, 1.82) is 0 Å². The normalized spacial score (nSPS) is 14.1. The maximum Gasteiger partial charge on any atom is 0.244 e. The quantitative estimate of drug-likeness (QED) is 0.834. The van der Waals surface area contributed by atoms with Gasteiger partial charge in [0.15, 0.2) is 11.5 Å². The number of nitrogens with one attached hydrogen (secondary N) is 1. The number of benzene rings is 2. The third kappa shape index (κ3) is 4.18. The minimum Gasteiger partial charge on any atom is -0.454 e. The van der Waals surface area contributed by atoms with Crippen LogP contribution < -0.4 is 14.8 Å². The number of halogens is 1. The highest BCUT2D eigenvalue weighted by molar-refractivity contribution is 5.92. The van der Waals surface area contributed by atoms with Gasteiger partial charge in [-0.1, -0.05) is 32.0 Å². The zero-order chi connectivity index (χ0) is 17.8. The lowest BCUT2D eigenvalue weighted by molar-refractivity contribution is -0.117. The third-order valence-electron chi connectivity index (χ3n) is 4.02. The number of fused-ring (bicyclic) bond motifs is 1. The lowest BCUT2D eigenvalue weighted by Crippen LogP contribution is -2.30. The molecule has 0 aliphatic carbocycles. The second-order valence-electron chi connectivity index (χ2n) is 6.23. The number of rotatable bonds is 5. The van der Waals surface area contributed by atoms with Crippen LogP contribution in [0.1, 0.15) is 31.0 Å². The van der Waals surface area contributed by atoms with Crippen molar-refractivity contribution in [3.05, 3.63) is 65.5 Å². The SMILES string of the molecule is CC(C)C(NC(=O)/C=C/c1ccc2c(c1)OCO2)c1ccc(F)cc1. The highest BCUT2D eigenvalue weighted by atomic mass is 19.1. The molecule has 130 valence electrons. The van der Waals surface area contributed by atoms with E-state index in [0.717, 1.165) is 11.1 Å². The molecule has 1 heterocycles. The number of carbonyl (C=O) groups excluding carboxylic acids is 1. The molecule has 0 aromatic heterocycles. The molecule has 2 aromatic rings. The maximum absolute atomic E-state index is 13.1. The van der Waals surface area contributed by atoms with Crippen molar-refractivity contribution in [2.75, 3.05) is 6.79 Å². The second-order valence-corrected chi connectivity index (χ2v) is 6.23. The molecule has 25 heavy (non-hydrogen) atoms. The molecule has 0 radical (unpaired) electrons. The molecule has 0 bridgehead atoms. The van der Waals surface area contributed by atoms with Crippen molar-refractivity contribution in [2.45, 2.75) is 19.9 Å². The van der Waals surface area contributed by atoms with Crippen LogP contribution >= 0.6 is 0 Å². The molecule has 4 nitrogen and oxygen atoms in total. The van der Waals surface area contributed by atoms with Crippen molar-refractivity contribution in [2.24, 2.45) is 5.92 Å². The summed E-state index contributed by atoms with van der Waals surface area (Å²) in [4.78, 5) is 12.3. The summed E-state index contributed by atoms with van der Waals surface area (Å²) in [6, 6.07) is 11.5. The van der Waals surface area contributed by atoms with Gasteiger partial charge in [0.1, 0.15) is 5.82 Å². The molecule has 1 unspecified atom stereocenters. The summed E-state index contributed by atoms with van der Waals surface area (Å²) in [5.41, 5.74) is 1.73. The zero-order valence-corrected chi connectivity index (χ0v) is 14.2. The minimum atomic E-state index is -0.291. The van der Waals surface area contributed by atoms with E-state index in [0.29, 0.717) is 11.5 Å². The van der Waals surface area contributed by atoms with E-state index in [4.69, 9.17) is 9.47 Å². The molecule has 5 heteroatoms. The molecule has 1 amide bonds. The van der Waals surface area contributed by atoms with Crippen LogP contribution in [0, 0.1) is 11.7 Å². The highest BCUT2D eigenvalue weighted by Crippen LogP contribution is 2.32. The average molecular weight is 341 g/mol. The van der Waals surface area contributed by atoms with Crippen LogP contribution in [-0.2, 0) is 4.79 Å². The molecule has 1 aliphatic heterocycles. The van der Waals surface area contributed by atoms with E-state index < -0.39 is 0 Å². The van der Waals surface area contributed by atoms with Gasteiger partial charge in [-0.2, -0.15) is 0 Å². The van der Waals surface area contributed by atoms with Crippen LogP contribution in [0.2, 0.25) is 0 Å². The molecule has 1 N–H and O–H groups in total. The molecule has 1 aliphatic rings. The average Bonchev–Trinajstić information content (AvgIpc) is 3.06. The van der Waals surface area contributed by atoms with E-state index in [9.17, 15) is 9.18 Å². The van der Waals surface area contributed by atoms with E-state index in [2.05, 4.69) is 5.32 Å². The molecule has 2 aromatic carbocycles. The van der Waals surface area contributed by atoms with Gasteiger partial charge < -0.3 is 14.8 Å².